The van der Waals surface area contributed by atoms with Gasteiger partial charge in [-0.1, -0.05) is 0 Å². The van der Waals surface area contributed by atoms with E-state index in [1.807, 2.05) is 0 Å². The second-order valence-electron chi connectivity index (χ2n) is 8.65. The molecular weight excluding hydrogens is 478 g/mol. The van der Waals surface area contributed by atoms with E-state index in [0.29, 0.717) is 18.5 Å². The highest BCUT2D eigenvalue weighted by Gasteiger charge is 2.42. The lowest BCUT2D eigenvalue weighted by atomic mass is 9.90. The van der Waals surface area contributed by atoms with Gasteiger partial charge in [-0.3, -0.25) is 14.3 Å². The third kappa shape index (κ3) is 7.02. The van der Waals surface area contributed by atoms with Crippen molar-refractivity contribution in [1.82, 2.24) is 20.3 Å². The Bertz CT molecular complexity index is 830. The van der Waals surface area contributed by atoms with Crippen molar-refractivity contribution in [3.05, 3.63) is 11.9 Å². The number of hydrogen-bond acceptors (Lipinski definition) is 7. The average Bonchev–Trinajstić information content (AvgIpc) is 3.14. The van der Waals surface area contributed by atoms with Gasteiger partial charge in [0.15, 0.2) is 0 Å². The Morgan fingerprint density at radius 1 is 1.03 bits per heavy atom. The Morgan fingerprint density at radius 3 is 2.26 bits per heavy atom. The van der Waals surface area contributed by atoms with Crippen LogP contribution in [-0.4, -0.2) is 71.2 Å². The Morgan fingerprint density at radius 2 is 1.68 bits per heavy atom. The summed E-state index contributed by atoms with van der Waals surface area (Å²) >= 11 is 0. The highest BCUT2D eigenvalue weighted by atomic mass is 19.4. The van der Waals surface area contributed by atoms with E-state index in [-0.39, 0.29) is 57.1 Å². The third-order valence-corrected chi connectivity index (χ3v) is 6.00. The molecule has 4 rings (SSSR count). The SMILES string of the molecule is O=C(CO[C@H]1C[C@@H](OC(F)(F)F)C1)N[C@H]1CC[C@H](c2cnn([C@H]3C[C@@H](OC(F)(F)F)C3)n2)OC1. The van der Waals surface area contributed by atoms with Crippen molar-refractivity contribution in [2.24, 2.45) is 0 Å². The fourth-order valence-corrected chi connectivity index (χ4v) is 4.12. The molecule has 1 N–H and O–H groups in total. The molecule has 1 aromatic rings. The van der Waals surface area contributed by atoms with Crippen LogP contribution in [0.5, 0.6) is 0 Å². The van der Waals surface area contributed by atoms with Crippen LogP contribution < -0.4 is 5.32 Å². The molecule has 1 aliphatic heterocycles. The normalized spacial score (nSPS) is 32.1. The summed E-state index contributed by atoms with van der Waals surface area (Å²) in [6.45, 7) is -0.0444. The minimum absolute atomic E-state index is 0.0819. The number of nitrogens with one attached hydrogen (secondary N) is 1. The minimum Gasteiger partial charge on any atom is -0.370 e. The number of nitrogens with zero attached hydrogens (tertiary/aromatic N) is 3. The Balaban J connectivity index is 1.11. The number of alkyl halides is 6. The van der Waals surface area contributed by atoms with Crippen LogP contribution in [-0.2, 0) is 23.7 Å². The monoisotopic (exact) mass is 502 g/mol. The molecule has 1 saturated heterocycles. The lowest BCUT2D eigenvalue weighted by Crippen LogP contribution is -2.45. The van der Waals surface area contributed by atoms with Gasteiger partial charge in [-0.2, -0.15) is 15.0 Å². The highest BCUT2D eigenvalue weighted by Crippen LogP contribution is 2.38. The van der Waals surface area contributed by atoms with E-state index in [9.17, 15) is 31.1 Å². The van der Waals surface area contributed by atoms with Gasteiger partial charge in [-0.05, 0) is 25.7 Å². The van der Waals surface area contributed by atoms with Crippen LogP contribution >= 0.6 is 0 Å². The summed E-state index contributed by atoms with van der Waals surface area (Å²) in [6, 6.07) is -0.514. The molecule has 0 radical (unpaired) electrons. The fourth-order valence-electron chi connectivity index (χ4n) is 4.12. The van der Waals surface area contributed by atoms with Crippen molar-refractivity contribution >= 4 is 5.91 Å². The first-order chi connectivity index (χ1) is 15.9. The number of aromatic nitrogens is 3. The molecule has 192 valence electrons. The van der Waals surface area contributed by atoms with Gasteiger partial charge in [0, 0.05) is 12.8 Å². The number of carbonyl (C=O) groups excluding carboxylic acids is 1. The number of carbonyl (C=O) groups is 1. The maximum Gasteiger partial charge on any atom is 0.522 e. The fraction of sp³-hybridized carbons (Fsp3) is 0.842. The summed E-state index contributed by atoms with van der Waals surface area (Å²) in [4.78, 5) is 13.4. The van der Waals surface area contributed by atoms with Gasteiger partial charge in [0.05, 0.1) is 43.2 Å². The van der Waals surface area contributed by atoms with Crippen molar-refractivity contribution in [1.29, 1.82) is 0 Å². The zero-order valence-corrected chi connectivity index (χ0v) is 17.8. The maximum atomic E-state index is 12.2. The van der Waals surface area contributed by atoms with Crippen LogP contribution in [0.1, 0.15) is 56.4 Å². The van der Waals surface area contributed by atoms with Crippen molar-refractivity contribution in [2.45, 2.75) is 87.7 Å². The van der Waals surface area contributed by atoms with Gasteiger partial charge in [0.1, 0.15) is 18.4 Å². The first kappa shape index (κ1) is 25.1. The molecule has 3 fully saturated rings. The Hall–Kier alpha value is -1.97. The first-order valence-electron chi connectivity index (χ1n) is 10.9. The molecule has 2 atom stereocenters. The quantitative estimate of drug-likeness (QED) is 0.546. The second kappa shape index (κ2) is 9.95. The molecule has 0 bridgehead atoms. The van der Waals surface area contributed by atoms with Gasteiger partial charge in [-0.25, -0.2) is 0 Å². The van der Waals surface area contributed by atoms with E-state index < -0.39 is 36.9 Å². The van der Waals surface area contributed by atoms with Gasteiger partial charge >= 0.3 is 12.7 Å². The van der Waals surface area contributed by atoms with Crippen LogP contribution in [0.15, 0.2) is 6.20 Å². The van der Waals surface area contributed by atoms with Gasteiger partial charge in [0.25, 0.3) is 0 Å². The summed E-state index contributed by atoms with van der Waals surface area (Å²) in [6.07, 6.45) is -8.78. The average molecular weight is 502 g/mol. The summed E-state index contributed by atoms with van der Waals surface area (Å²) in [5.74, 6) is -0.390. The number of hydrogen-bond donors (Lipinski definition) is 1. The van der Waals surface area contributed by atoms with Crippen LogP contribution in [0, 0.1) is 0 Å². The lowest BCUT2D eigenvalue weighted by molar-refractivity contribution is -0.357. The maximum absolute atomic E-state index is 12.2. The summed E-state index contributed by atoms with van der Waals surface area (Å²) in [5.41, 5.74) is 0.564. The van der Waals surface area contributed by atoms with Gasteiger partial charge in [-0.15, -0.1) is 26.3 Å². The van der Waals surface area contributed by atoms with Crippen molar-refractivity contribution in [3.8, 4) is 0 Å². The number of ether oxygens (including phenoxy) is 4. The highest BCUT2D eigenvalue weighted by molar-refractivity contribution is 5.77. The second-order valence-corrected chi connectivity index (χ2v) is 8.65. The largest absolute Gasteiger partial charge is 0.522 e. The molecule has 2 heterocycles. The molecule has 0 unspecified atom stereocenters. The molecule has 0 aromatic carbocycles. The van der Waals surface area contributed by atoms with Crippen LogP contribution in [0.25, 0.3) is 0 Å². The minimum atomic E-state index is -4.67. The predicted octanol–water partition coefficient (Wildman–Crippen LogP) is 2.94. The molecule has 1 aromatic heterocycles. The van der Waals surface area contributed by atoms with Gasteiger partial charge in [0.2, 0.25) is 5.91 Å². The van der Waals surface area contributed by atoms with Crippen molar-refractivity contribution < 1.29 is 50.1 Å². The number of rotatable bonds is 8. The Kier molecular flexibility index (Phi) is 7.36. The van der Waals surface area contributed by atoms with E-state index >= 15 is 0 Å². The van der Waals surface area contributed by atoms with E-state index in [1.54, 1.807) is 0 Å². The number of amides is 1. The summed E-state index contributed by atoms with van der Waals surface area (Å²) in [5, 5.41) is 11.2. The smallest absolute Gasteiger partial charge is 0.370 e. The number of halogens is 6. The van der Waals surface area contributed by atoms with E-state index in [4.69, 9.17) is 9.47 Å². The molecule has 3 aliphatic rings. The van der Waals surface area contributed by atoms with Crippen LogP contribution in [0.4, 0.5) is 26.3 Å². The van der Waals surface area contributed by atoms with E-state index in [0.717, 1.165) is 0 Å². The molecule has 2 aliphatic carbocycles. The standard InChI is InChI=1S/C19H24F6N4O5/c20-18(21,22)33-13-3-11(4-13)29-26-7-15(28-29)16-2-1-10(8-32-16)27-17(30)9-31-12-5-14(6-12)34-19(23,24)25/h7,10-14,16H,1-6,8-9H2,(H,27,30)/t10-,11-,12-,13+,14+,16+/m0/s1. The zero-order chi connectivity index (χ0) is 24.5. The molecule has 15 heteroatoms. The topological polar surface area (TPSA) is 96.7 Å². The van der Waals surface area contributed by atoms with Crippen LogP contribution in [0.2, 0.25) is 0 Å². The van der Waals surface area contributed by atoms with Crippen LogP contribution in [0.3, 0.4) is 0 Å². The van der Waals surface area contributed by atoms with Gasteiger partial charge < -0.3 is 14.8 Å². The van der Waals surface area contributed by atoms with Crippen molar-refractivity contribution in [3.63, 3.8) is 0 Å². The third-order valence-electron chi connectivity index (χ3n) is 6.00. The van der Waals surface area contributed by atoms with E-state index in [2.05, 4.69) is 25.0 Å². The summed E-state index contributed by atoms with van der Waals surface area (Å²) < 4.78 is 91.9. The summed E-state index contributed by atoms with van der Waals surface area (Å²) in [7, 11) is 0. The zero-order valence-electron chi connectivity index (χ0n) is 17.8. The molecule has 34 heavy (non-hydrogen) atoms. The molecule has 1 amide bonds. The lowest BCUT2D eigenvalue weighted by Gasteiger charge is -2.35. The molecule has 2 saturated carbocycles. The van der Waals surface area contributed by atoms with E-state index in [1.165, 1.54) is 11.0 Å². The predicted molar refractivity (Wildman–Crippen MR) is 99.0 cm³/mol. The molecule has 9 nitrogen and oxygen atoms in total. The molecular formula is C19H24F6N4O5. The molecule has 0 spiro atoms. The Labute approximate surface area is 190 Å². The van der Waals surface area contributed by atoms with Crippen molar-refractivity contribution in [2.75, 3.05) is 13.2 Å². The first-order valence-corrected chi connectivity index (χ1v) is 10.9.